The van der Waals surface area contributed by atoms with Crippen molar-refractivity contribution in [1.82, 2.24) is 19.8 Å². The van der Waals surface area contributed by atoms with E-state index in [9.17, 15) is 4.79 Å². The fourth-order valence-electron chi connectivity index (χ4n) is 3.26. The van der Waals surface area contributed by atoms with E-state index in [1.165, 1.54) is 5.56 Å². The van der Waals surface area contributed by atoms with Gasteiger partial charge in [0.1, 0.15) is 0 Å². The zero-order chi connectivity index (χ0) is 18.5. The van der Waals surface area contributed by atoms with Crippen LogP contribution in [0.5, 0.6) is 0 Å². The number of anilines is 2. The molecule has 26 heavy (non-hydrogen) atoms. The Labute approximate surface area is 155 Å². The number of hydrogen-bond acceptors (Lipinski definition) is 5. The summed E-state index contributed by atoms with van der Waals surface area (Å²) in [6, 6.07) is 8.25. The van der Waals surface area contributed by atoms with E-state index in [0.29, 0.717) is 11.5 Å². The first-order valence-electron chi connectivity index (χ1n) is 9.30. The van der Waals surface area contributed by atoms with E-state index in [1.54, 1.807) is 12.4 Å². The molecule has 1 aromatic heterocycles. The third-order valence-corrected chi connectivity index (χ3v) is 4.86. The number of likely N-dealkylation sites (N-methyl/N-ethyl adjacent to an activating group) is 1. The van der Waals surface area contributed by atoms with Gasteiger partial charge in [0.25, 0.3) is 5.91 Å². The molecule has 0 N–H and O–H groups in total. The summed E-state index contributed by atoms with van der Waals surface area (Å²) in [5.74, 6) is 0.636. The average Bonchev–Trinajstić information content (AvgIpc) is 2.69. The monoisotopic (exact) mass is 353 g/mol. The van der Waals surface area contributed by atoms with Crippen molar-refractivity contribution in [2.45, 2.75) is 20.8 Å². The topological polar surface area (TPSA) is 52.6 Å². The maximum atomic E-state index is 12.7. The van der Waals surface area contributed by atoms with Crippen molar-refractivity contribution in [2.75, 3.05) is 44.2 Å². The zero-order valence-electron chi connectivity index (χ0n) is 15.9. The molecular formula is C20H27N5O. The smallest absolute Gasteiger partial charge is 0.257 e. The Morgan fingerprint density at radius 3 is 2.38 bits per heavy atom. The second-order valence-electron chi connectivity index (χ2n) is 6.58. The molecule has 0 radical (unpaired) electrons. The van der Waals surface area contributed by atoms with Crippen molar-refractivity contribution in [3.8, 4) is 0 Å². The highest BCUT2D eigenvalue weighted by atomic mass is 16.2. The van der Waals surface area contributed by atoms with Crippen molar-refractivity contribution >= 4 is 17.5 Å². The lowest BCUT2D eigenvalue weighted by Crippen LogP contribution is -2.48. The first kappa shape index (κ1) is 18.3. The molecule has 0 saturated carbocycles. The van der Waals surface area contributed by atoms with Gasteiger partial charge in [0.15, 0.2) is 0 Å². The highest BCUT2D eigenvalue weighted by molar-refractivity contribution is 5.93. The fourth-order valence-corrected chi connectivity index (χ4v) is 3.26. The lowest BCUT2D eigenvalue weighted by atomic mass is 10.2. The van der Waals surface area contributed by atoms with Gasteiger partial charge in [0, 0.05) is 50.8 Å². The predicted octanol–water partition coefficient (Wildman–Crippen LogP) is 2.72. The minimum Gasteiger partial charge on any atom is -0.336 e. The molecule has 138 valence electrons. The number of piperazine rings is 1. The molecule has 3 rings (SSSR count). The van der Waals surface area contributed by atoms with E-state index in [0.717, 1.165) is 45.0 Å². The van der Waals surface area contributed by atoms with E-state index in [2.05, 4.69) is 47.8 Å². The van der Waals surface area contributed by atoms with Gasteiger partial charge in [-0.1, -0.05) is 19.1 Å². The summed E-state index contributed by atoms with van der Waals surface area (Å²) in [6.45, 7) is 11.5. The molecule has 0 bridgehead atoms. The van der Waals surface area contributed by atoms with Gasteiger partial charge in [0.2, 0.25) is 5.95 Å². The molecular weight excluding hydrogens is 326 g/mol. The van der Waals surface area contributed by atoms with E-state index in [4.69, 9.17) is 0 Å². The lowest BCUT2D eigenvalue weighted by Gasteiger charge is -2.34. The summed E-state index contributed by atoms with van der Waals surface area (Å²) in [5.41, 5.74) is 2.81. The quantitative estimate of drug-likeness (QED) is 0.827. The largest absolute Gasteiger partial charge is 0.336 e. The number of aryl methyl sites for hydroxylation is 1. The standard InChI is InChI=1S/C20H27N5O/c1-4-23-9-11-24(12-10-23)19(26)17-14-21-20(22-15-17)25(5-2)18-8-6-7-16(3)13-18/h6-8,13-15H,4-5,9-12H2,1-3H3. The van der Waals surface area contributed by atoms with Gasteiger partial charge in [-0.2, -0.15) is 0 Å². The third kappa shape index (κ3) is 4.02. The number of amides is 1. The van der Waals surface area contributed by atoms with Crippen LogP contribution in [0.15, 0.2) is 36.7 Å². The fraction of sp³-hybridized carbons (Fsp3) is 0.450. The van der Waals surface area contributed by atoms with Gasteiger partial charge in [0.05, 0.1) is 5.56 Å². The average molecular weight is 353 g/mol. The highest BCUT2D eigenvalue weighted by Crippen LogP contribution is 2.22. The molecule has 0 aliphatic carbocycles. The number of hydrogen-bond donors (Lipinski definition) is 0. The Balaban J connectivity index is 1.72. The van der Waals surface area contributed by atoms with Crippen LogP contribution in [0.4, 0.5) is 11.6 Å². The molecule has 1 fully saturated rings. The summed E-state index contributed by atoms with van der Waals surface area (Å²) in [7, 11) is 0. The van der Waals surface area contributed by atoms with Gasteiger partial charge in [-0.15, -0.1) is 0 Å². The van der Waals surface area contributed by atoms with Gasteiger partial charge in [-0.05, 0) is 38.1 Å². The van der Waals surface area contributed by atoms with Crippen LogP contribution >= 0.6 is 0 Å². The predicted molar refractivity (Wildman–Crippen MR) is 104 cm³/mol. The zero-order valence-corrected chi connectivity index (χ0v) is 15.9. The van der Waals surface area contributed by atoms with Crippen molar-refractivity contribution in [3.63, 3.8) is 0 Å². The van der Waals surface area contributed by atoms with Crippen LogP contribution in [0.2, 0.25) is 0 Å². The molecule has 6 nitrogen and oxygen atoms in total. The Morgan fingerprint density at radius 1 is 1.12 bits per heavy atom. The SMILES string of the molecule is CCN1CCN(C(=O)c2cnc(N(CC)c3cccc(C)c3)nc2)CC1. The minimum atomic E-state index is 0.0194. The molecule has 1 amide bonds. The van der Waals surface area contributed by atoms with Crippen molar-refractivity contribution in [2.24, 2.45) is 0 Å². The first-order chi connectivity index (χ1) is 12.6. The summed E-state index contributed by atoms with van der Waals surface area (Å²) < 4.78 is 0. The van der Waals surface area contributed by atoms with Crippen LogP contribution < -0.4 is 4.90 Å². The molecule has 1 saturated heterocycles. The molecule has 6 heteroatoms. The summed E-state index contributed by atoms with van der Waals surface area (Å²) >= 11 is 0. The van der Waals surface area contributed by atoms with Crippen LogP contribution in [-0.4, -0.2) is 64.9 Å². The Morgan fingerprint density at radius 2 is 1.81 bits per heavy atom. The molecule has 2 heterocycles. The molecule has 0 spiro atoms. The van der Waals surface area contributed by atoms with Crippen molar-refractivity contribution in [3.05, 3.63) is 47.8 Å². The molecule has 1 aromatic carbocycles. The normalized spacial score (nSPS) is 15.1. The van der Waals surface area contributed by atoms with Crippen molar-refractivity contribution in [1.29, 1.82) is 0 Å². The Kier molecular flexibility index (Phi) is 5.83. The van der Waals surface area contributed by atoms with Crippen molar-refractivity contribution < 1.29 is 4.79 Å². The van der Waals surface area contributed by atoms with E-state index in [-0.39, 0.29) is 5.91 Å². The summed E-state index contributed by atoms with van der Waals surface area (Å²) in [5, 5.41) is 0. The van der Waals surface area contributed by atoms with Crippen LogP contribution in [0.25, 0.3) is 0 Å². The number of benzene rings is 1. The maximum Gasteiger partial charge on any atom is 0.257 e. The van der Waals surface area contributed by atoms with E-state index in [1.807, 2.05) is 21.9 Å². The first-order valence-corrected chi connectivity index (χ1v) is 9.30. The number of carbonyl (C=O) groups excluding carboxylic acids is 1. The molecule has 1 aliphatic rings. The van der Waals surface area contributed by atoms with E-state index < -0.39 is 0 Å². The molecule has 2 aromatic rings. The second kappa shape index (κ2) is 8.27. The molecule has 0 unspecified atom stereocenters. The van der Waals surface area contributed by atoms with E-state index >= 15 is 0 Å². The van der Waals surface area contributed by atoms with Crippen LogP contribution in [0, 0.1) is 6.92 Å². The second-order valence-corrected chi connectivity index (χ2v) is 6.58. The Hall–Kier alpha value is -2.47. The summed E-state index contributed by atoms with van der Waals surface area (Å²) in [4.78, 5) is 27.9. The molecule has 0 atom stereocenters. The lowest BCUT2D eigenvalue weighted by molar-refractivity contribution is 0.0642. The number of nitrogens with zero attached hydrogens (tertiary/aromatic N) is 5. The minimum absolute atomic E-state index is 0.0194. The van der Waals surface area contributed by atoms with Gasteiger partial charge in [-0.25, -0.2) is 9.97 Å². The van der Waals surface area contributed by atoms with Gasteiger partial charge in [-0.3, -0.25) is 4.79 Å². The number of aromatic nitrogens is 2. The summed E-state index contributed by atoms with van der Waals surface area (Å²) in [6.07, 6.45) is 3.30. The number of rotatable bonds is 5. The highest BCUT2D eigenvalue weighted by Gasteiger charge is 2.22. The molecule has 1 aliphatic heterocycles. The number of carbonyl (C=O) groups is 1. The van der Waals surface area contributed by atoms with Crippen LogP contribution in [0.3, 0.4) is 0 Å². The third-order valence-electron chi connectivity index (χ3n) is 4.86. The van der Waals surface area contributed by atoms with Gasteiger partial charge < -0.3 is 14.7 Å². The maximum absolute atomic E-state index is 12.7. The van der Waals surface area contributed by atoms with Crippen LogP contribution in [0.1, 0.15) is 29.8 Å². The van der Waals surface area contributed by atoms with Gasteiger partial charge >= 0.3 is 0 Å². The Bertz CT molecular complexity index is 738. The van der Waals surface area contributed by atoms with Crippen LogP contribution in [-0.2, 0) is 0 Å².